The first-order chi connectivity index (χ1) is 10.1. The molecule has 0 aromatic carbocycles. The van der Waals surface area contributed by atoms with Crippen molar-refractivity contribution in [2.75, 3.05) is 11.9 Å². The van der Waals surface area contributed by atoms with Gasteiger partial charge in [-0.3, -0.25) is 4.98 Å². The molecule has 0 unspecified atom stereocenters. The number of anilines is 1. The number of rotatable bonds is 7. The zero-order valence-corrected chi connectivity index (χ0v) is 12.6. The van der Waals surface area contributed by atoms with Gasteiger partial charge in [-0.05, 0) is 36.2 Å². The average molecular weight is 306 g/mol. The van der Waals surface area contributed by atoms with E-state index < -0.39 is 10.0 Å². The van der Waals surface area contributed by atoms with E-state index in [-0.39, 0.29) is 11.4 Å². The summed E-state index contributed by atoms with van der Waals surface area (Å²) in [6.07, 6.45) is 5.58. The van der Waals surface area contributed by atoms with Crippen molar-refractivity contribution in [2.45, 2.75) is 24.8 Å². The van der Waals surface area contributed by atoms with Crippen LogP contribution in [0.5, 0.6) is 0 Å². The van der Waals surface area contributed by atoms with Gasteiger partial charge in [0.1, 0.15) is 10.7 Å². The summed E-state index contributed by atoms with van der Waals surface area (Å²) in [7, 11) is -3.56. The van der Waals surface area contributed by atoms with Crippen LogP contribution in [0.1, 0.15) is 18.9 Å². The van der Waals surface area contributed by atoms with Gasteiger partial charge >= 0.3 is 0 Å². The molecule has 7 heteroatoms. The van der Waals surface area contributed by atoms with E-state index in [0.717, 1.165) is 18.5 Å². The lowest BCUT2D eigenvalue weighted by Gasteiger charge is -2.08. The van der Waals surface area contributed by atoms with Crippen molar-refractivity contribution >= 4 is 15.8 Å². The van der Waals surface area contributed by atoms with E-state index in [2.05, 4.69) is 26.9 Å². The largest absolute Gasteiger partial charge is 0.370 e. The third kappa shape index (κ3) is 4.51. The Hall–Kier alpha value is -1.99. The first kappa shape index (κ1) is 15.4. The summed E-state index contributed by atoms with van der Waals surface area (Å²) >= 11 is 0. The number of nitrogens with one attached hydrogen (secondary N) is 2. The van der Waals surface area contributed by atoms with Gasteiger partial charge in [0.2, 0.25) is 10.0 Å². The lowest BCUT2D eigenvalue weighted by Crippen LogP contribution is -2.23. The van der Waals surface area contributed by atoms with Gasteiger partial charge in [0.15, 0.2) is 0 Å². The molecule has 0 saturated heterocycles. The number of nitrogens with zero attached hydrogens (tertiary/aromatic N) is 2. The van der Waals surface area contributed by atoms with Gasteiger partial charge in [0.05, 0.1) is 0 Å². The smallest absolute Gasteiger partial charge is 0.242 e. The molecule has 0 spiro atoms. The highest BCUT2D eigenvalue weighted by atomic mass is 32.2. The molecular formula is C14H18N4O2S. The SMILES string of the molecule is CCCNc1ccc(S(=O)(=O)NCc2ccncc2)cn1. The van der Waals surface area contributed by atoms with Gasteiger partial charge < -0.3 is 5.32 Å². The predicted molar refractivity (Wildman–Crippen MR) is 81.3 cm³/mol. The van der Waals surface area contributed by atoms with Crippen LogP contribution < -0.4 is 10.0 Å². The van der Waals surface area contributed by atoms with Crippen LogP contribution in [0.15, 0.2) is 47.8 Å². The highest BCUT2D eigenvalue weighted by molar-refractivity contribution is 7.89. The molecule has 0 bridgehead atoms. The van der Waals surface area contributed by atoms with Crippen molar-refractivity contribution in [3.8, 4) is 0 Å². The zero-order chi connectivity index (χ0) is 15.1. The Morgan fingerprint density at radius 3 is 2.52 bits per heavy atom. The van der Waals surface area contributed by atoms with Gasteiger partial charge in [-0.1, -0.05) is 6.92 Å². The first-order valence-corrected chi connectivity index (χ1v) is 8.18. The van der Waals surface area contributed by atoms with Crippen LogP contribution in [0.4, 0.5) is 5.82 Å². The third-order valence-electron chi connectivity index (χ3n) is 2.82. The number of hydrogen-bond donors (Lipinski definition) is 2. The Bertz CT molecular complexity index is 657. The van der Waals surface area contributed by atoms with Crippen LogP contribution in [0.2, 0.25) is 0 Å². The second kappa shape index (κ2) is 7.14. The molecule has 6 nitrogen and oxygen atoms in total. The maximum absolute atomic E-state index is 12.1. The second-order valence-corrected chi connectivity index (χ2v) is 6.25. The maximum atomic E-state index is 12.1. The van der Waals surface area contributed by atoms with Crippen molar-refractivity contribution in [1.82, 2.24) is 14.7 Å². The molecule has 0 fully saturated rings. The fourth-order valence-corrected chi connectivity index (χ4v) is 2.62. The lowest BCUT2D eigenvalue weighted by atomic mass is 10.3. The number of hydrogen-bond acceptors (Lipinski definition) is 5. The standard InChI is InChI=1S/C14H18N4O2S/c1-2-7-16-14-4-3-13(11-17-14)21(19,20)18-10-12-5-8-15-9-6-12/h3-6,8-9,11,18H,2,7,10H2,1H3,(H,16,17). The van der Waals surface area contributed by atoms with Gasteiger partial charge in [-0.2, -0.15) is 0 Å². The molecule has 0 saturated carbocycles. The van der Waals surface area contributed by atoms with Gasteiger partial charge in [0, 0.05) is 31.7 Å². The maximum Gasteiger partial charge on any atom is 0.242 e. The van der Waals surface area contributed by atoms with Crippen molar-refractivity contribution in [2.24, 2.45) is 0 Å². The highest BCUT2D eigenvalue weighted by Crippen LogP contribution is 2.11. The molecule has 2 aromatic heterocycles. The van der Waals surface area contributed by atoms with Gasteiger partial charge in [-0.15, -0.1) is 0 Å². The van der Waals surface area contributed by atoms with E-state index in [1.807, 2.05) is 0 Å². The van der Waals surface area contributed by atoms with Crippen LogP contribution in [-0.4, -0.2) is 24.9 Å². The molecular weight excluding hydrogens is 288 g/mol. The Morgan fingerprint density at radius 2 is 1.90 bits per heavy atom. The van der Waals surface area contributed by atoms with Crippen molar-refractivity contribution < 1.29 is 8.42 Å². The van der Waals surface area contributed by atoms with E-state index in [1.165, 1.54) is 6.20 Å². The fraction of sp³-hybridized carbons (Fsp3) is 0.286. The summed E-state index contributed by atoms with van der Waals surface area (Å²) in [5, 5.41) is 3.10. The molecule has 2 N–H and O–H groups in total. The van der Waals surface area contributed by atoms with Crippen molar-refractivity contribution in [3.63, 3.8) is 0 Å². The van der Waals surface area contributed by atoms with E-state index in [1.54, 1.807) is 36.7 Å². The van der Waals surface area contributed by atoms with E-state index in [0.29, 0.717) is 5.82 Å². The summed E-state index contributed by atoms with van der Waals surface area (Å²) in [6.45, 7) is 3.08. The average Bonchev–Trinajstić information content (AvgIpc) is 2.52. The molecule has 21 heavy (non-hydrogen) atoms. The molecule has 0 atom stereocenters. The first-order valence-electron chi connectivity index (χ1n) is 6.70. The Balaban J connectivity index is 2.02. The molecule has 2 aromatic rings. The quantitative estimate of drug-likeness (QED) is 0.814. The topological polar surface area (TPSA) is 84.0 Å². The number of pyridine rings is 2. The number of aromatic nitrogens is 2. The van der Waals surface area contributed by atoms with Gasteiger partial charge in [0.25, 0.3) is 0 Å². The summed E-state index contributed by atoms with van der Waals surface area (Å²) < 4.78 is 26.8. The third-order valence-corrected chi connectivity index (χ3v) is 4.20. The normalized spacial score (nSPS) is 11.3. The minimum atomic E-state index is -3.56. The molecule has 0 aliphatic heterocycles. The zero-order valence-electron chi connectivity index (χ0n) is 11.8. The van der Waals surface area contributed by atoms with Crippen molar-refractivity contribution in [1.29, 1.82) is 0 Å². The van der Waals surface area contributed by atoms with Gasteiger partial charge in [-0.25, -0.2) is 18.1 Å². The highest BCUT2D eigenvalue weighted by Gasteiger charge is 2.14. The predicted octanol–water partition coefficient (Wildman–Crippen LogP) is 1.78. The molecule has 2 rings (SSSR count). The van der Waals surface area contributed by atoms with E-state index in [4.69, 9.17) is 0 Å². The van der Waals surface area contributed by atoms with Crippen LogP contribution in [-0.2, 0) is 16.6 Å². The van der Waals surface area contributed by atoms with Crippen LogP contribution >= 0.6 is 0 Å². The molecule has 0 aliphatic rings. The fourth-order valence-electron chi connectivity index (χ4n) is 1.66. The van der Waals surface area contributed by atoms with E-state index >= 15 is 0 Å². The van der Waals surface area contributed by atoms with Crippen LogP contribution in [0.25, 0.3) is 0 Å². The van der Waals surface area contributed by atoms with Crippen LogP contribution in [0.3, 0.4) is 0 Å². The Labute approximate surface area is 124 Å². The lowest BCUT2D eigenvalue weighted by molar-refractivity contribution is 0.581. The Morgan fingerprint density at radius 1 is 1.14 bits per heavy atom. The summed E-state index contributed by atoms with van der Waals surface area (Å²) in [6, 6.07) is 6.73. The number of sulfonamides is 1. The van der Waals surface area contributed by atoms with Crippen LogP contribution in [0, 0.1) is 0 Å². The van der Waals surface area contributed by atoms with E-state index in [9.17, 15) is 8.42 Å². The van der Waals surface area contributed by atoms with Crippen molar-refractivity contribution in [3.05, 3.63) is 48.4 Å². The molecule has 2 heterocycles. The molecule has 0 amide bonds. The molecule has 112 valence electrons. The molecule has 0 aliphatic carbocycles. The minimum Gasteiger partial charge on any atom is -0.370 e. The monoisotopic (exact) mass is 306 g/mol. The second-order valence-electron chi connectivity index (χ2n) is 4.49. The molecule has 0 radical (unpaired) electrons. The minimum absolute atomic E-state index is 0.151. The Kier molecular flexibility index (Phi) is 5.24. The summed E-state index contributed by atoms with van der Waals surface area (Å²) in [5.41, 5.74) is 0.850. The summed E-state index contributed by atoms with van der Waals surface area (Å²) in [4.78, 5) is 8.14. The summed E-state index contributed by atoms with van der Waals surface area (Å²) in [5.74, 6) is 0.671.